The predicted octanol–water partition coefficient (Wildman–Crippen LogP) is 5.04. The van der Waals surface area contributed by atoms with Gasteiger partial charge in [0.05, 0.1) is 18.3 Å². The third-order valence-corrected chi connectivity index (χ3v) is 4.46. The summed E-state index contributed by atoms with van der Waals surface area (Å²) in [7, 11) is 0. The highest BCUT2D eigenvalue weighted by Gasteiger charge is 2.23. The van der Waals surface area contributed by atoms with Crippen LogP contribution < -0.4 is 5.32 Å². The van der Waals surface area contributed by atoms with Crippen molar-refractivity contribution >= 4 is 11.7 Å². The van der Waals surface area contributed by atoms with Gasteiger partial charge >= 0.3 is 0 Å². The summed E-state index contributed by atoms with van der Waals surface area (Å²) < 4.78 is 55.1. The van der Waals surface area contributed by atoms with E-state index in [1.54, 1.807) is 0 Å². The Morgan fingerprint density at radius 3 is 2.28 bits per heavy atom. The molecule has 1 amide bonds. The average molecular weight is 405 g/mol. The number of aromatic nitrogens is 2. The van der Waals surface area contributed by atoms with Gasteiger partial charge in [-0.05, 0) is 22.6 Å². The number of nitrogens with one attached hydrogen (secondary N) is 1. The lowest BCUT2D eigenvalue weighted by atomic mass is 9.87. The molecule has 1 N–H and O–H groups in total. The minimum Gasteiger partial charge on any atom is -0.307 e. The van der Waals surface area contributed by atoms with Crippen LogP contribution in [0, 0.1) is 23.3 Å². The molecule has 0 aliphatic rings. The van der Waals surface area contributed by atoms with Crippen LogP contribution in [0.1, 0.15) is 42.3 Å². The highest BCUT2D eigenvalue weighted by atomic mass is 19.2. The van der Waals surface area contributed by atoms with Crippen molar-refractivity contribution in [2.24, 2.45) is 0 Å². The van der Waals surface area contributed by atoms with E-state index in [0.717, 1.165) is 11.1 Å². The minimum atomic E-state index is -2.04. The lowest BCUT2D eigenvalue weighted by Crippen LogP contribution is -2.19. The summed E-state index contributed by atoms with van der Waals surface area (Å²) in [5.74, 6) is -8.35. The predicted molar refractivity (Wildman–Crippen MR) is 101 cm³/mol. The molecular formula is C21H19F4N3O. The second kappa shape index (κ2) is 7.69. The summed E-state index contributed by atoms with van der Waals surface area (Å²) in [6.07, 6.45) is 1.42. The maximum atomic E-state index is 13.8. The minimum absolute atomic E-state index is 0.00709. The van der Waals surface area contributed by atoms with Crippen LogP contribution in [0.4, 0.5) is 23.4 Å². The number of rotatable bonds is 4. The molecule has 0 radical (unpaired) electrons. The number of carbonyl (C=O) groups is 1. The van der Waals surface area contributed by atoms with Crippen LogP contribution in [0.25, 0.3) is 0 Å². The fourth-order valence-electron chi connectivity index (χ4n) is 2.77. The van der Waals surface area contributed by atoms with Crippen molar-refractivity contribution in [2.75, 3.05) is 5.32 Å². The Bertz CT molecular complexity index is 1050. The number of anilines is 1. The van der Waals surface area contributed by atoms with Gasteiger partial charge in [-0.1, -0.05) is 45.0 Å². The van der Waals surface area contributed by atoms with Crippen LogP contribution in [0.2, 0.25) is 0 Å². The van der Waals surface area contributed by atoms with Gasteiger partial charge in [-0.2, -0.15) is 5.10 Å². The molecule has 8 heteroatoms. The van der Waals surface area contributed by atoms with Crippen molar-refractivity contribution in [2.45, 2.75) is 32.7 Å². The summed E-state index contributed by atoms with van der Waals surface area (Å²) in [6.45, 7) is 6.61. The largest absolute Gasteiger partial charge is 0.307 e. The summed E-state index contributed by atoms with van der Waals surface area (Å²) >= 11 is 0. The molecule has 0 saturated heterocycles. The van der Waals surface area contributed by atoms with Gasteiger partial charge in [-0.3, -0.25) is 4.79 Å². The first kappa shape index (κ1) is 20.6. The summed E-state index contributed by atoms with van der Waals surface area (Å²) in [6, 6.07) is 9.62. The number of nitrogens with zero attached hydrogens (tertiary/aromatic N) is 2. The van der Waals surface area contributed by atoms with Crippen LogP contribution in [0.3, 0.4) is 0 Å². The third kappa shape index (κ3) is 4.31. The summed E-state index contributed by atoms with van der Waals surface area (Å²) in [5.41, 5.74) is 1.13. The van der Waals surface area contributed by atoms with E-state index in [1.165, 1.54) is 16.9 Å². The van der Waals surface area contributed by atoms with Crippen molar-refractivity contribution < 1.29 is 22.4 Å². The molecular weight excluding hydrogens is 386 g/mol. The van der Waals surface area contributed by atoms with Crippen LogP contribution in [0.15, 0.2) is 42.6 Å². The Labute approximate surface area is 165 Å². The second-order valence-corrected chi connectivity index (χ2v) is 7.62. The molecule has 1 aromatic heterocycles. The molecule has 0 saturated carbocycles. The molecule has 0 atom stereocenters. The van der Waals surface area contributed by atoms with Crippen molar-refractivity contribution in [1.29, 1.82) is 0 Å². The highest BCUT2D eigenvalue weighted by Crippen LogP contribution is 2.23. The van der Waals surface area contributed by atoms with Gasteiger partial charge in [0.1, 0.15) is 5.82 Å². The standard InChI is InChI=1S/C21H19F4N3O/c1-21(2,3)13-6-4-12(5-7-13)11-28-16(8-9-26-28)27-20(29)14-10-15(22)18(24)19(25)17(14)23/h4-10H,11H2,1-3H3,(H,27,29). The molecule has 0 aliphatic heterocycles. The zero-order valence-corrected chi connectivity index (χ0v) is 16.1. The van der Waals surface area contributed by atoms with E-state index in [4.69, 9.17) is 0 Å². The van der Waals surface area contributed by atoms with E-state index in [2.05, 4.69) is 31.2 Å². The number of amides is 1. The van der Waals surface area contributed by atoms with E-state index < -0.39 is 34.7 Å². The quantitative estimate of drug-likeness (QED) is 0.376. The zero-order valence-electron chi connectivity index (χ0n) is 16.1. The Balaban J connectivity index is 1.80. The first-order valence-electron chi connectivity index (χ1n) is 8.83. The number of hydrogen-bond acceptors (Lipinski definition) is 2. The smallest absolute Gasteiger partial charge is 0.260 e. The van der Waals surface area contributed by atoms with Crippen LogP contribution in [-0.2, 0) is 12.0 Å². The normalized spacial score (nSPS) is 11.6. The van der Waals surface area contributed by atoms with E-state index in [0.29, 0.717) is 12.6 Å². The van der Waals surface area contributed by atoms with Crippen molar-refractivity contribution in [3.05, 3.63) is 82.6 Å². The first-order valence-corrected chi connectivity index (χ1v) is 8.83. The van der Waals surface area contributed by atoms with E-state index in [9.17, 15) is 22.4 Å². The van der Waals surface area contributed by atoms with Gasteiger partial charge in [0.15, 0.2) is 23.3 Å². The topological polar surface area (TPSA) is 46.9 Å². The first-order chi connectivity index (χ1) is 13.6. The third-order valence-electron chi connectivity index (χ3n) is 4.46. The maximum Gasteiger partial charge on any atom is 0.260 e. The molecule has 3 rings (SSSR count). The number of benzene rings is 2. The van der Waals surface area contributed by atoms with Gasteiger partial charge in [0, 0.05) is 6.07 Å². The molecule has 2 aromatic carbocycles. The summed E-state index contributed by atoms with van der Waals surface area (Å²) in [5, 5.41) is 6.44. The van der Waals surface area contributed by atoms with Gasteiger partial charge in [0.2, 0.25) is 0 Å². The van der Waals surface area contributed by atoms with Crippen LogP contribution in [-0.4, -0.2) is 15.7 Å². The molecule has 4 nitrogen and oxygen atoms in total. The van der Waals surface area contributed by atoms with Crippen LogP contribution >= 0.6 is 0 Å². The highest BCUT2D eigenvalue weighted by molar-refractivity contribution is 6.04. The van der Waals surface area contributed by atoms with Gasteiger partial charge in [-0.25, -0.2) is 22.2 Å². The lowest BCUT2D eigenvalue weighted by molar-refractivity contribution is 0.102. The molecule has 0 bridgehead atoms. The fraction of sp³-hybridized carbons (Fsp3) is 0.238. The van der Waals surface area contributed by atoms with Gasteiger partial charge in [-0.15, -0.1) is 0 Å². The van der Waals surface area contributed by atoms with Crippen LogP contribution in [0.5, 0.6) is 0 Å². The number of carbonyl (C=O) groups excluding carboxylic acids is 1. The molecule has 29 heavy (non-hydrogen) atoms. The molecule has 3 aromatic rings. The Morgan fingerprint density at radius 2 is 1.66 bits per heavy atom. The van der Waals surface area contributed by atoms with Crippen molar-refractivity contribution in [3.63, 3.8) is 0 Å². The van der Waals surface area contributed by atoms with E-state index >= 15 is 0 Å². The molecule has 1 heterocycles. The van der Waals surface area contributed by atoms with E-state index in [1.807, 2.05) is 24.3 Å². The second-order valence-electron chi connectivity index (χ2n) is 7.62. The molecule has 0 spiro atoms. The van der Waals surface area contributed by atoms with Gasteiger partial charge < -0.3 is 5.32 Å². The Morgan fingerprint density at radius 1 is 1.00 bits per heavy atom. The van der Waals surface area contributed by atoms with Crippen molar-refractivity contribution in [3.8, 4) is 0 Å². The zero-order chi connectivity index (χ0) is 21.3. The van der Waals surface area contributed by atoms with E-state index in [-0.39, 0.29) is 11.2 Å². The fourth-order valence-corrected chi connectivity index (χ4v) is 2.77. The SMILES string of the molecule is CC(C)(C)c1ccc(Cn2nccc2NC(=O)c2cc(F)c(F)c(F)c2F)cc1. The Hall–Kier alpha value is -3.16. The average Bonchev–Trinajstić information content (AvgIpc) is 3.09. The molecule has 152 valence electrons. The monoisotopic (exact) mass is 405 g/mol. The molecule has 0 unspecified atom stereocenters. The maximum absolute atomic E-state index is 13.8. The molecule has 0 fully saturated rings. The Kier molecular flexibility index (Phi) is 5.46. The van der Waals surface area contributed by atoms with Crippen molar-refractivity contribution in [1.82, 2.24) is 9.78 Å². The number of hydrogen-bond donors (Lipinski definition) is 1. The number of halogens is 4. The van der Waals surface area contributed by atoms with Gasteiger partial charge in [0.25, 0.3) is 5.91 Å². The molecule has 0 aliphatic carbocycles. The summed E-state index contributed by atoms with van der Waals surface area (Å²) in [4.78, 5) is 12.3. The lowest BCUT2D eigenvalue weighted by Gasteiger charge is -2.19.